The van der Waals surface area contributed by atoms with Crippen molar-refractivity contribution in [1.29, 1.82) is 0 Å². The van der Waals surface area contributed by atoms with Crippen molar-refractivity contribution in [3.63, 3.8) is 0 Å². The highest BCUT2D eigenvalue weighted by atomic mass is 32.1. The lowest BCUT2D eigenvalue weighted by atomic mass is 10.3. The van der Waals surface area contributed by atoms with E-state index in [1.54, 1.807) is 12.3 Å². The Kier molecular flexibility index (Phi) is 3.91. The van der Waals surface area contributed by atoms with Gasteiger partial charge in [0.2, 0.25) is 5.88 Å². The van der Waals surface area contributed by atoms with Crippen LogP contribution in [0, 0.1) is 0 Å². The molecular formula is C12H17N3OS. The van der Waals surface area contributed by atoms with Crippen LogP contribution in [0.25, 0.3) is 0 Å². The third-order valence-electron chi connectivity index (χ3n) is 2.89. The molecule has 0 unspecified atom stereocenters. The SMILES string of the molecule is CN(CCOc1ncccc1C(N)=S)C1CC1. The lowest BCUT2D eigenvalue weighted by molar-refractivity contribution is 0.226. The molecule has 0 spiro atoms. The molecule has 2 rings (SSSR count). The third kappa shape index (κ3) is 3.38. The van der Waals surface area contributed by atoms with Crippen molar-refractivity contribution < 1.29 is 4.74 Å². The first-order chi connectivity index (χ1) is 8.18. The van der Waals surface area contributed by atoms with Gasteiger partial charge in [0.1, 0.15) is 11.6 Å². The first kappa shape index (κ1) is 12.3. The Morgan fingerprint density at radius 2 is 2.41 bits per heavy atom. The fourth-order valence-corrected chi connectivity index (χ4v) is 1.83. The minimum Gasteiger partial charge on any atom is -0.476 e. The second-order valence-electron chi connectivity index (χ2n) is 4.28. The molecule has 0 radical (unpaired) electrons. The predicted molar refractivity (Wildman–Crippen MR) is 71.3 cm³/mol. The predicted octanol–water partition coefficient (Wildman–Crippen LogP) is 1.19. The van der Waals surface area contributed by atoms with E-state index in [2.05, 4.69) is 16.9 Å². The summed E-state index contributed by atoms with van der Waals surface area (Å²) in [7, 11) is 2.12. The average Bonchev–Trinajstić information content (AvgIpc) is 3.13. The number of hydrogen-bond acceptors (Lipinski definition) is 4. The molecule has 0 amide bonds. The van der Waals surface area contributed by atoms with E-state index >= 15 is 0 Å². The fourth-order valence-electron chi connectivity index (χ4n) is 1.68. The molecule has 1 aromatic rings. The van der Waals surface area contributed by atoms with Gasteiger partial charge in [-0.05, 0) is 32.0 Å². The lowest BCUT2D eigenvalue weighted by Gasteiger charge is -2.16. The molecule has 1 aliphatic rings. The summed E-state index contributed by atoms with van der Waals surface area (Å²) >= 11 is 4.95. The largest absolute Gasteiger partial charge is 0.476 e. The Bertz CT molecular complexity index is 406. The van der Waals surface area contributed by atoms with Gasteiger partial charge in [-0.25, -0.2) is 4.98 Å². The number of nitrogens with two attached hydrogens (primary N) is 1. The Balaban J connectivity index is 1.87. The number of nitrogens with zero attached hydrogens (tertiary/aromatic N) is 2. The van der Waals surface area contributed by atoms with Gasteiger partial charge < -0.3 is 15.4 Å². The van der Waals surface area contributed by atoms with Crippen molar-refractivity contribution in [3.8, 4) is 5.88 Å². The van der Waals surface area contributed by atoms with E-state index in [9.17, 15) is 0 Å². The summed E-state index contributed by atoms with van der Waals surface area (Å²) in [5, 5.41) is 0. The summed E-state index contributed by atoms with van der Waals surface area (Å²) in [6.45, 7) is 1.51. The molecule has 4 nitrogen and oxygen atoms in total. The van der Waals surface area contributed by atoms with Crippen LogP contribution in [0.5, 0.6) is 5.88 Å². The lowest BCUT2D eigenvalue weighted by Crippen LogP contribution is -2.26. The molecule has 0 aromatic carbocycles. The van der Waals surface area contributed by atoms with E-state index in [0.717, 1.165) is 12.6 Å². The van der Waals surface area contributed by atoms with Gasteiger partial charge in [-0.3, -0.25) is 0 Å². The summed E-state index contributed by atoms with van der Waals surface area (Å²) in [6, 6.07) is 4.38. The van der Waals surface area contributed by atoms with Crippen molar-refractivity contribution in [1.82, 2.24) is 9.88 Å². The van der Waals surface area contributed by atoms with Gasteiger partial charge in [-0.15, -0.1) is 0 Å². The highest BCUT2D eigenvalue weighted by molar-refractivity contribution is 7.80. The molecule has 92 valence electrons. The summed E-state index contributed by atoms with van der Waals surface area (Å²) < 4.78 is 5.63. The number of likely N-dealkylation sites (N-methyl/N-ethyl adjacent to an activating group) is 1. The molecule has 1 heterocycles. The number of hydrogen-bond donors (Lipinski definition) is 1. The van der Waals surface area contributed by atoms with Gasteiger partial charge in [0.05, 0.1) is 5.56 Å². The zero-order valence-electron chi connectivity index (χ0n) is 9.93. The molecule has 0 saturated heterocycles. The molecule has 1 saturated carbocycles. The first-order valence-corrected chi connectivity index (χ1v) is 6.17. The van der Waals surface area contributed by atoms with Gasteiger partial charge >= 0.3 is 0 Å². The highest BCUT2D eigenvalue weighted by Gasteiger charge is 2.25. The average molecular weight is 251 g/mol. The molecule has 5 heteroatoms. The molecule has 2 N–H and O–H groups in total. The monoisotopic (exact) mass is 251 g/mol. The molecule has 1 fully saturated rings. The summed E-state index contributed by atoms with van der Waals surface area (Å²) in [5.74, 6) is 0.532. The van der Waals surface area contributed by atoms with Gasteiger partial charge in [0.15, 0.2) is 0 Å². The Hall–Kier alpha value is -1.20. The molecular weight excluding hydrogens is 234 g/mol. The van der Waals surface area contributed by atoms with Crippen LogP contribution in [0.1, 0.15) is 18.4 Å². The highest BCUT2D eigenvalue weighted by Crippen LogP contribution is 2.24. The molecule has 0 aliphatic heterocycles. The van der Waals surface area contributed by atoms with Crippen molar-refractivity contribution in [2.24, 2.45) is 5.73 Å². The topological polar surface area (TPSA) is 51.4 Å². The van der Waals surface area contributed by atoms with Gasteiger partial charge in [0, 0.05) is 18.8 Å². The number of rotatable bonds is 6. The number of thiocarbonyl (C=S) groups is 1. The maximum absolute atomic E-state index is 5.63. The minimum atomic E-state index is 0.323. The van der Waals surface area contributed by atoms with E-state index < -0.39 is 0 Å². The van der Waals surface area contributed by atoms with Crippen LogP contribution in [0.4, 0.5) is 0 Å². The summed E-state index contributed by atoms with van der Waals surface area (Å²) in [4.78, 5) is 6.78. The number of ether oxygens (including phenoxy) is 1. The van der Waals surface area contributed by atoms with Crippen LogP contribution < -0.4 is 10.5 Å². The van der Waals surface area contributed by atoms with Crippen LogP contribution in [0.15, 0.2) is 18.3 Å². The van der Waals surface area contributed by atoms with Gasteiger partial charge in [0.25, 0.3) is 0 Å². The smallest absolute Gasteiger partial charge is 0.223 e. The molecule has 1 aliphatic carbocycles. The molecule has 17 heavy (non-hydrogen) atoms. The Morgan fingerprint density at radius 3 is 3.06 bits per heavy atom. The van der Waals surface area contributed by atoms with Crippen molar-refractivity contribution in [2.45, 2.75) is 18.9 Å². The zero-order chi connectivity index (χ0) is 12.3. The third-order valence-corrected chi connectivity index (χ3v) is 3.11. The van der Waals surface area contributed by atoms with E-state index in [-0.39, 0.29) is 0 Å². The van der Waals surface area contributed by atoms with Crippen molar-refractivity contribution >= 4 is 17.2 Å². The fraction of sp³-hybridized carbons (Fsp3) is 0.500. The molecule has 0 atom stereocenters. The maximum atomic E-state index is 5.63. The standard InChI is InChI=1S/C12H17N3OS/c1-15(9-4-5-9)7-8-16-12-10(11(13)17)3-2-6-14-12/h2-3,6,9H,4-5,7-8H2,1H3,(H2,13,17). The number of aromatic nitrogens is 1. The van der Waals surface area contributed by atoms with Crippen LogP contribution in [0.2, 0.25) is 0 Å². The van der Waals surface area contributed by atoms with Crippen molar-refractivity contribution in [3.05, 3.63) is 23.9 Å². The summed E-state index contributed by atoms with van der Waals surface area (Å²) in [5.41, 5.74) is 6.31. The normalized spacial score (nSPS) is 14.9. The second kappa shape index (κ2) is 5.42. The Morgan fingerprint density at radius 1 is 1.65 bits per heavy atom. The van der Waals surface area contributed by atoms with Crippen LogP contribution in [0.3, 0.4) is 0 Å². The Labute approximate surface area is 107 Å². The van der Waals surface area contributed by atoms with Crippen molar-refractivity contribution in [2.75, 3.05) is 20.2 Å². The first-order valence-electron chi connectivity index (χ1n) is 5.76. The van der Waals surface area contributed by atoms with E-state index in [1.807, 2.05) is 6.07 Å². The van der Waals surface area contributed by atoms with E-state index in [0.29, 0.717) is 23.0 Å². The minimum absolute atomic E-state index is 0.323. The van der Waals surface area contributed by atoms with E-state index in [4.69, 9.17) is 22.7 Å². The second-order valence-corrected chi connectivity index (χ2v) is 4.72. The number of pyridine rings is 1. The quantitative estimate of drug-likeness (QED) is 0.770. The maximum Gasteiger partial charge on any atom is 0.223 e. The summed E-state index contributed by atoms with van der Waals surface area (Å²) in [6.07, 6.45) is 4.29. The van der Waals surface area contributed by atoms with Crippen LogP contribution >= 0.6 is 12.2 Å². The molecule has 1 aromatic heterocycles. The van der Waals surface area contributed by atoms with Crippen LogP contribution in [-0.4, -0.2) is 41.1 Å². The zero-order valence-corrected chi connectivity index (χ0v) is 10.7. The molecule has 0 bridgehead atoms. The van der Waals surface area contributed by atoms with E-state index in [1.165, 1.54) is 12.8 Å². The van der Waals surface area contributed by atoms with Crippen LogP contribution in [-0.2, 0) is 0 Å². The van der Waals surface area contributed by atoms with Gasteiger partial charge in [-0.1, -0.05) is 12.2 Å². The van der Waals surface area contributed by atoms with Gasteiger partial charge in [-0.2, -0.15) is 0 Å².